The van der Waals surface area contributed by atoms with Crippen molar-refractivity contribution < 1.29 is 19.1 Å². The van der Waals surface area contributed by atoms with Crippen molar-refractivity contribution in [2.24, 2.45) is 5.73 Å². The normalized spacial score (nSPS) is 16.1. The summed E-state index contributed by atoms with van der Waals surface area (Å²) in [4.78, 5) is 46.2. The van der Waals surface area contributed by atoms with Crippen molar-refractivity contribution in [3.05, 3.63) is 59.9 Å². The predicted octanol–water partition coefficient (Wildman–Crippen LogP) is 0.480. The van der Waals surface area contributed by atoms with Gasteiger partial charge in [-0.05, 0) is 36.8 Å². The van der Waals surface area contributed by atoms with Gasteiger partial charge in [0.1, 0.15) is 5.75 Å². The zero-order chi connectivity index (χ0) is 21.5. The Labute approximate surface area is 174 Å². The van der Waals surface area contributed by atoms with E-state index in [9.17, 15) is 14.4 Å². The number of carbonyl (C=O) groups is 3. The van der Waals surface area contributed by atoms with E-state index in [1.807, 2.05) is 0 Å². The van der Waals surface area contributed by atoms with Gasteiger partial charge in [-0.2, -0.15) is 0 Å². The third-order valence-electron chi connectivity index (χ3n) is 4.81. The molecule has 1 aliphatic rings. The van der Waals surface area contributed by atoms with Gasteiger partial charge in [-0.3, -0.25) is 19.4 Å². The van der Waals surface area contributed by atoms with Crippen molar-refractivity contribution in [3.63, 3.8) is 0 Å². The molecule has 30 heavy (non-hydrogen) atoms. The molecule has 3 amide bonds. The molecule has 1 aliphatic heterocycles. The highest BCUT2D eigenvalue weighted by Gasteiger charge is 2.40. The number of nitrogens with two attached hydrogens (primary N) is 1. The van der Waals surface area contributed by atoms with E-state index in [-0.39, 0.29) is 24.9 Å². The number of pyridine rings is 1. The molecule has 1 saturated heterocycles. The van der Waals surface area contributed by atoms with Crippen LogP contribution in [-0.4, -0.2) is 72.0 Å². The Morgan fingerprint density at radius 3 is 2.47 bits per heavy atom. The van der Waals surface area contributed by atoms with Gasteiger partial charge >= 0.3 is 0 Å². The molecular weight excluding hydrogens is 386 g/mol. The minimum Gasteiger partial charge on any atom is -0.497 e. The number of carbonyl (C=O) groups excluding carboxylic acids is 3. The molecule has 3 rings (SSSR count). The molecule has 2 aromatic rings. The molecule has 0 aliphatic carbocycles. The van der Waals surface area contributed by atoms with E-state index in [0.717, 1.165) is 0 Å². The first-order chi connectivity index (χ1) is 14.6. The Hall–Kier alpha value is -3.46. The number of nitrogens with one attached hydrogen (secondary N) is 1. The van der Waals surface area contributed by atoms with Crippen LogP contribution in [0, 0.1) is 0 Å². The highest BCUT2D eigenvalue weighted by atomic mass is 16.5. The average Bonchev–Trinajstić information content (AvgIpc) is 2.81. The van der Waals surface area contributed by atoms with Crippen molar-refractivity contribution in [1.29, 1.82) is 0 Å². The van der Waals surface area contributed by atoms with E-state index in [0.29, 0.717) is 36.4 Å². The maximum Gasteiger partial charge on any atom is 0.263 e. The Bertz CT molecular complexity index is 905. The van der Waals surface area contributed by atoms with Gasteiger partial charge in [-0.25, -0.2) is 0 Å². The van der Waals surface area contributed by atoms with Crippen molar-refractivity contribution >= 4 is 17.7 Å². The summed E-state index contributed by atoms with van der Waals surface area (Å²) in [7, 11) is 1.52. The average molecular weight is 411 g/mol. The highest BCUT2D eigenvalue weighted by molar-refractivity contribution is 6.01. The number of ether oxygens (including phenoxy) is 1. The molecule has 1 atom stereocenters. The lowest BCUT2D eigenvalue weighted by Crippen LogP contribution is -2.63. The van der Waals surface area contributed by atoms with E-state index >= 15 is 0 Å². The fourth-order valence-corrected chi connectivity index (χ4v) is 3.40. The molecule has 1 unspecified atom stereocenters. The molecule has 1 aromatic heterocycles. The van der Waals surface area contributed by atoms with Gasteiger partial charge < -0.3 is 25.6 Å². The van der Waals surface area contributed by atoms with Crippen LogP contribution in [0.15, 0.2) is 48.8 Å². The molecule has 1 fully saturated rings. The first-order valence-electron chi connectivity index (χ1n) is 9.70. The zero-order valence-electron chi connectivity index (χ0n) is 16.8. The maximum atomic E-state index is 13.3. The van der Waals surface area contributed by atoms with Crippen molar-refractivity contribution in [3.8, 4) is 5.75 Å². The largest absolute Gasteiger partial charge is 0.497 e. The molecule has 9 nitrogen and oxygen atoms in total. The van der Waals surface area contributed by atoms with Gasteiger partial charge in [-0.15, -0.1) is 0 Å². The predicted molar refractivity (Wildman–Crippen MR) is 110 cm³/mol. The molecule has 0 saturated carbocycles. The van der Waals surface area contributed by atoms with Gasteiger partial charge in [0.15, 0.2) is 6.17 Å². The number of hydrogen-bond donors (Lipinski definition) is 2. The number of methoxy groups -OCH3 is 1. The second kappa shape index (κ2) is 9.84. The summed E-state index contributed by atoms with van der Waals surface area (Å²) in [5, 5.41) is 2.71. The minimum atomic E-state index is -1.09. The van der Waals surface area contributed by atoms with E-state index in [1.165, 1.54) is 23.1 Å². The van der Waals surface area contributed by atoms with E-state index < -0.39 is 12.1 Å². The summed E-state index contributed by atoms with van der Waals surface area (Å²) in [5.41, 5.74) is 6.24. The number of aromatic nitrogens is 1. The molecule has 158 valence electrons. The Kier molecular flexibility index (Phi) is 6.97. The molecule has 2 heterocycles. The molecular formula is C21H25N5O4. The quantitative estimate of drug-likeness (QED) is 0.714. The van der Waals surface area contributed by atoms with E-state index in [1.54, 1.807) is 42.6 Å². The first kappa shape index (κ1) is 21.3. The molecule has 0 bridgehead atoms. The molecule has 1 aromatic carbocycles. The van der Waals surface area contributed by atoms with Crippen LogP contribution >= 0.6 is 0 Å². The van der Waals surface area contributed by atoms with Crippen molar-refractivity contribution in [2.45, 2.75) is 12.6 Å². The third-order valence-corrected chi connectivity index (χ3v) is 4.81. The fourth-order valence-electron chi connectivity index (χ4n) is 3.40. The second-order valence-electron chi connectivity index (χ2n) is 6.78. The summed E-state index contributed by atoms with van der Waals surface area (Å²) >= 11 is 0. The summed E-state index contributed by atoms with van der Waals surface area (Å²) < 4.78 is 5.20. The van der Waals surface area contributed by atoms with Crippen LogP contribution in [0.2, 0.25) is 0 Å². The summed E-state index contributed by atoms with van der Waals surface area (Å²) in [6.45, 7) is 1.17. The summed E-state index contributed by atoms with van der Waals surface area (Å²) in [6, 6.07) is 9.99. The van der Waals surface area contributed by atoms with Crippen molar-refractivity contribution in [2.75, 3.05) is 33.3 Å². The van der Waals surface area contributed by atoms with Crippen LogP contribution in [0.3, 0.4) is 0 Å². The SMILES string of the molecule is COc1cccc(C(=O)N2CCCN(C(=O)c3cccnc3)C2C(=O)NCCN)c1. The zero-order valence-corrected chi connectivity index (χ0v) is 16.8. The number of nitrogens with zero attached hydrogens (tertiary/aromatic N) is 3. The Balaban J connectivity index is 1.94. The van der Waals surface area contributed by atoms with Crippen LogP contribution in [0.5, 0.6) is 5.75 Å². The lowest BCUT2D eigenvalue weighted by Gasteiger charge is -2.42. The summed E-state index contributed by atoms with van der Waals surface area (Å²) in [6.07, 6.45) is 2.47. The maximum absolute atomic E-state index is 13.3. The molecule has 0 radical (unpaired) electrons. The van der Waals surface area contributed by atoms with Gasteiger partial charge in [0.25, 0.3) is 17.7 Å². The number of rotatable bonds is 6. The van der Waals surface area contributed by atoms with Crippen LogP contribution in [0.4, 0.5) is 0 Å². The number of amides is 3. The minimum absolute atomic E-state index is 0.242. The molecule has 3 N–H and O–H groups in total. The van der Waals surface area contributed by atoms with E-state index in [4.69, 9.17) is 10.5 Å². The first-order valence-corrected chi connectivity index (χ1v) is 9.70. The Morgan fingerprint density at radius 1 is 1.13 bits per heavy atom. The van der Waals surface area contributed by atoms with Crippen molar-refractivity contribution in [1.82, 2.24) is 20.1 Å². The Morgan fingerprint density at radius 2 is 1.83 bits per heavy atom. The van der Waals surface area contributed by atoms with Crippen LogP contribution in [0.25, 0.3) is 0 Å². The molecule has 9 heteroatoms. The summed E-state index contributed by atoms with van der Waals surface area (Å²) in [5.74, 6) is -0.636. The van der Waals surface area contributed by atoms with Gasteiger partial charge in [0, 0.05) is 44.1 Å². The number of benzene rings is 1. The fraction of sp³-hybridized carbons (Fsp3) is 0.333. The van der Waals surface area contributed by atoms with Crippen LogP contribution in [-0.2, 0) is 4.79 Å². The molecule has 0 spiro atoms. The monoisotopic (exact) mass is 411 g/mol. The highest BCUT2D eigenvalue weighted by Crippen LogP contribution is 2.22. The second-order valence-corrected chi connectivity index (χ2v) is 6.78. The van der Waals surface area contributed by atoms with Gasteiger partial charge in [0.2, 0.25) is 0 Å². The van der Waals surface area contributed by atoms with Crippen LogP contribution in [0.1, 0.15) is 27.1 Å². The topological polar surface area (TPSA) is 118 Å². The smallest absolute Gasteiger partial charge is 0.263 e. The van der Waals surface area contributed by atoms with Crippen LogP contribution < -0.4 is 15.8 Å². The van der Waals surface area contributed by atoms with Gasteiger partial charge in [0.05, 0.1) is 12.7 Å². The lowest BCUT2D eigenvalue weighted by molar-refractivity contribution is -0.132. The number of hydrogen-bond acceptors (Lipinski definition) is 6. The van der Waals surface area contributed by atoms with E-state index in [2.05, 4.69) is 10.3 Å². The van der Waals surface area contributed by atoms with Gasteiger partial charge in [-0.1, -0.05) is 6.07 Å². The lowest BCUT2D eigenvalue weighted by atomic mass is 10.1. The third kappa shape index (κ3) is 4.57. The standard InChI is InChI=1S/C21H25N5O4/c1-30-17-7-2-5-15(13-17)20(28)25-11-4-12-26(19(25)18(27)24-10-8-22)21(29)16-6-3-9-23-14-16/h2-3,5-7,9,13-14,19H,4,8,10-12,22H2,1H3,(H,24,27).